The summed E-state index contributed by atoms with van der Waals surface area (Å²) in [5.41, 5.74) is 3.80. The van der Waals surface area contributed by atoms with E-state index < -0.39 is 0 Å². The van der Waals surface area contributed by atoms with E-state index in [1.54, 1.807) is 28.8 Å². The fourth-order valence-corrected chi connectivity index (χ4v) is 3.49. The SMILES string of the molecule is CC1CCCc2nc3cc(C#Cc4cccc(F)c4)ccn3c(=O)c2C1. The minimum Gasteiger partial charge on any atom is -0.269 e. The highest BCUT2D eigenvalue weighted by Gasteiger charge is 2.19. The highest BCUT2D eigenvalue weighted by atomic mass is 19.1. The van der Waals surface area contributed by atoms with E-state index in [2.05, 4.69) is 18.8 Å². The smallest absolute Gasteiger partial charge is 0.261 e. The van der Waals surface area contributed by atoms with Gasteiger partial charge in [0.05, 0.1) is 5.69 Å². The monoisotopic (exact) mass is 346 g/mol. The van der Waals surface area contributed by atoms with Crippen LogP contribution in [0.15, 0.2) is 47.4 Å². The molecule has 2 heterocycles. The Labute approximate surface area is 151 Å². The average Bonchev–Trinajstić information content (AvgIpc) is 2.81. The van der Waals surface area contributed by atoms with Crippen molar-refractivity contribution in [3.63, 3.8) is 0 Å². The van der Waals surface area contributed by atoms with Crippen LogP contribution >= 0.6 is 0 Å². The van der Waals surface area contributed by atoms with Gasteiger partial charge in [0.25, 0.3) is 5.56 Å². The van der Waals surface area contributed by atoms with Gasteiger partial charge in [-0.15, -0.1) is 0 Å². The van der Waals surface area contributed by atoms with Crippen LogP contribution < -0.4 is 5.56 Å². The summed E-state index contributed by atoms with van der Waals surface area (Å²) in [6.45, 7) is 2.19. The van der Waals surface area contributed by atoms with Crippen LogP contribution in [-0.4, -0.2) is 9.38 Å². The van der Waals surface area contributed by atoms with E-state index in [-0.39, 0.29) is 11.4 Å². The Morgan fingerprint density at radius 1 is 1.19 bits per heavy atom. The van der Waals surface area contributed by atoms with Gasteiger partial charge in [0.15, 0.2) is 0 Å². The van der Waals surface area contributed by atoms with Crippen LogP contribution in [0.5, 0.6) is 0 Å². The number of benzene rings is 1. The summed E-state index contributed by atoms with van der Waals surface area (Å²) in [5.74, 6) is 6.19. The van der Waals surface area contributed by atoms with Gasteiger partial charge in [0.2, 0.25) is 0 Å². The summed E-state index contributed by atoms with van der Waals surface area (Å²) >= 11 is 0. The molecule has 130 valence electrons. The predicted molar refractivity (Wildman–Crippen MR) is 99.6 cm³/mol. The number of hydrogen-bond donors (Lipinski definition) is 0. The van der Waals surface area contributed by atoms with Crippen LogP contribution in [0.3, 0.4) is 0 Å². The van der Waals surface area contributed by atoms with Gasteiger partial charge in [-0.1, -0.05) is 31.3 Å². The molecule has 3 aromatic rings. The van der Waals surface area contributed by atoms with Gasteiger partial charge < -0.3 is 0 Å². The van der Waals surface area contributed by atoms with E-state index in [1.807, 2.05) is 6.07 Å². The minimum absolute atomic E-state index is 0.0309. The third-order valence-electron chi connectivity index (χ3n) is 4.85. The zero-order chi connectivity index (χ0) is 18.1. The molecule has 0 saturated carbocycles. The van der Waals surface area contributed by atoms with Crippen LogP contribution in [0.25, 0.3) is 5.65 Å². The number of rotatable bonds is 0. The lowest BCUT2D eigenvalue weighted by Crippen LogP contribution is -2.23. The molecule has 0 N–H and O–H groups in total. The number of nitrogens with zero attached hydrogens (tertiary/aromatic N) is 2. The van der Waals surface area contributed by atoms with Crippen molar-refractivity contribution in [3.05, 3.63) is 81.2 Å². The Balaban J connectivity index is 1.77. The van der Waals surface area contributed by atoms with Crippen molar-refractivity contribution in [2.24, 2.45) is 5.92 Å². The third-order valence-corrected chi connectivity index (χ3v) is 4.85. The molecule has 3 nitrogen and oxygen atoms in total. The summed E-state index contributed by atoms with van der Waals surface area (Å²) < 4.78 is 14.9. The molecule has 1 unspecified atom stereocenters. The highest BCUT2D eigenvalue weighted by Crippen LogP contribution is 2.21. The summed E-state index contributed by atoms with van der Waals surface area (Å²) in [4.78, 5) is 17.6. The molecule has 4 heteroatoms. The van der Waals surface area contributed by atoms with E-state index in [0.29, 0.717) is 17.1 Å². The van der Waals surface area contributed by atoms with Crippen LogP contribution in [-0.2, 0) is 12.8 Å². The number of fused-ring (bicyclic) bond motifs is 2. The lowest BCUT2D eigenvalue weighted by atomic mass is 10.0. The topological polar surface area (TPSA) is 34.4 Å². The predicted octanol–water partition coefficient (Wildman–Crippen LogP) is 3.75. The summed E-state index contributed by atoms with van der Waals surface area (Å²) in [6, 6.07) is 9.82. The molecule has 1 aromatic carbocycles. The molecular formula is C22H19FN2O. The van der Waals surface area contributed by atoms with E-state index in [9.17, 15) is 9.18 Å². The molecule has 0 spiro atoms. The van der Waals surface area contributed by atoms with Gasteiger partial charge >= 0.3 is 0 Å². The van der Waals surface area contributed by atoms with Gasteiger partial charge in [-0.25, -0.2) is 9.37 Å². The van der Waals surface area contributed by atoms with Gasteiger partial charge in [0, 0.05) is 22.9 Å². The Hall–Kier alpha value is -2.93. The zero-order valence-electron chi connectivity index (χ0n) is 14.6. The van der Waals surface area contributed by atoms with E-state index in [0.717, 1.165) is 42.5 Å². The maximum absolute atomic E-state index is 13.3. The van der Waals surface area contributed by atoms with Crippen molar-refractivity contribution in [2.75, 3.05) is 0 Å². The Bertz CT molecular complexity index is 1100. The zero-order valence-corrected chi connectivity index (χ0v) is 14.6. The molecule has 0 saturated heterocycles. The van der Waals surface area contributed by atoms with Crippen molar-refractivity contribution in [1.29, 1.82) is 0 Å². The van der Waals surface area contributed by atoms with Crippen LogP contribution in [0.4, 0.5) is 4.39 Å². The number of halogens is 1. The van der Waals surface area contributed by atoms with E-state index >= 15 is 0 Å². The first kappa shape index (κ1) is 16.5. The summed E-state index contributed by atoms with van der Waals surface area (Å²) in [6.07, 6.45) is 5.57. The Morgan fingerprint density at radius 3 is 2.81 bits per heavy atom. The van der Waals surface area contributed by atoms with Gasteiger partial charge in [-0.2, -0.15) is 0 Å². The molecule has 0 radical (unpaired) electrons. The number of hydrogen-bond acceptors (Lipinski definition) is 2. The van der Waals surface area contributed by atoms with Gasteiger partial charge in [-0.3, -0.25) is 9.20 Å². The quantitative estimate of drug-likeness (QED) is 0.459. The molecule has 26 heavy (non-hydrogen) atoms. The summed E-state index contributed by atoms with van der Waals surface area (Å²) in [7, 11) is 0. The summed E-state index contributed by atoms with van der Waals surface area (Å²) in [5, 5.41) is 0. The fourth-order valence-electron chi connectivity index (χ4n) is 3.49. The molecule has 4 rings (SSSR count). The lowest BCUT2D eigenvalue weighted by molar-refractivity contribution is 0.525. The molecule has 0 amide bonds. The van der Waals surface area contributed by atoms with Crippen molar-refractivity contribution in [1.82, 2.24) is 9.38 Å². The first-order valence-corrected chi connectivity index (χ1v) is 8.92. The maximum atomic E-state index is 13.3. The standard InChI is InChI=1S/C22H19FN2O/c1-15-4-2-7-20-19(12-15)22(26)25-11-10-17(14-21(25)24-20)9-8-16-5-3-6-18(23)13-16/h3,5-6,10-11,13-15H,2,4,7,12H2,1H3. The maximum Gasteiger partial charge on any atom is 0.261 e. The van der Waals surface area contributed by atoms with E-state index in [4.69, 9.17) is 4.98 Å². The lowest BCUT2D eigenvalue weighted by Gasteiger charge is -2.09. The Morgan fingerprint density at radius 2 is 2.00 bits per heavy atom. The number of aromatic nitrogens is 2. The molecule has 1 aliphatic rings. The van der Waals surface area contributed by atoms with Crippen molar-refractivity contribution in [3.8, 4) is 11.8 Å². The van der Waals surface area contributed by atoms with Crippen LogP contribution in [0.2, 0.25) is 0 Å². The molecule has 0 fully saturated rings. The molecule has 0 bridgehead atoms. The minimum atomic E-state index is -0.305. The van der Waals surface area contributed by atoms with Crippen LogP contribution in [0, 0.1) is 23.6 Å². The molecule has 2 aromatic heterocycles. The average molecular weight is 346 g/mol. The second kappa shape index (κ2) is 6.76. The normalized spacial score (nSPS) is 16.5. The first-order chi connectivity index (χ1) is 12.6. The highest BCUT2D eigenvalue weighted by molar-refractivity contribution is 5.51. The van der Waals surface area contributed by atoms with Crippen molar-refractivity contribution < 1.29 is 4.39 Å². The molecular weight excluding hydrogens is 327 g/mol. The number of aryl methyl sites for hydroxylation is 1. The third kappa shape index (κ3) is 3.25. The number of pyridine rings is 1. The first-order valence-electron chi connectivity index (χ1n) is 8.92. The van der Waals surface area contributed by atoms with Gasteiger partial charge in [0.1, 0.15) is 11.5 Å². The van der Waals surface area contributed by atoms with Gasteiger partial charge in [-0.05, 0) is 55.5 Å². The molecule has 0 aliphatic heterocycles. The molecule has 1 atom stereocenters. The largest absolute Gasteiger partial charge is 0.269 e. The Kier molecular flexibility index (Phi) is 4.30. The second-order valence-electron chi connectivity index (χ2n) is 6.95. The van der Waals surface area contributed by atoms with Crippen LogP contribution in [0.1, 0.15) is 42.1 Å². The second-order valence-corrected chi connectivity index (χ2v) is 6.95. The van der Waals surface area contributed by atoms with Crippen molar-refractivity contribution >= 4 is 5.65 Å². The fraction of sp³-hybridized carbons (Fsp3) is 0.273. The van der Waals surface area contributed by atoms with Crippen molar-refractivity contribution in [2.45, 2.75) is 32.6 Å². The van der Waals surface area contributed by atoms with E-state index in [1.165, 1.54) is 12.1 Å². The molecule has 1 aliphatic carbocycles.